The molecule has 0 aliphatic carbocycles. The van der Waals surface area contributed by atoms with Gasteiger partial charge in [0.05, 0.1) is 11.3 Å². The van der Waals surface area contributed by atoms with Gasteiger partial charge >= 0.3 is 0 Å². The van der Waals surface area contributed by atoms with Gasteiger partial charge in [-0.2, -0.15) is 5.26 Å². The molecule has 4 nitrogen and oxygen atoms in total. The first kappa shape index (κ1) is 12.9. The number of aliphatic hydroxyl groups excluding tert-OH is 1. The molecule has 1 atom stereocenters. The van der Waals surface area contributed by atoms with Gasteiger partial charge < -0.3 is 15.3 Å². The Morgan fingerprint density at radius 2 is 2.39 bits per heavy atom. The molecule has 1 aliphatic rings. The molecular weight excluding hydrogens is 226 g/mol. The fourth-order valence-electron chi connectivity index (χ4n) is 2.46. The van der Waals surface area contributed by atoms with E-state index in [9.17, 15) is 10.4 Å². The lowest BCUT2D eigenvalue weighted by molar-refractivity contribution is 0.238. The first-order valence-electron chi connectivity index (χ1n) is 6.32. The van der Waals surface area contributed by atoms with Crippen molar-refractivity contribution in [3.8, 4) is 6.07 Å². The predicted octanol–water partition coefficient (Wildman–Crippen LogP) is 1.10. The van der Waals surface area contributed by atoms with Crippen LogP contribution in [0, 0.1) is 17.2 Å². The maximum atomic E-state index is 9.25. The number of nitriles is 1. The fraction of sp³-hybridized carbons (Fsp3) is 0.500. The Labute approximate surface area is 108 Å². The Balaban J connectivity index is 2.21. The molecule has 1 aromatic carbocycles. The lowest BCUT2D eigenvalue weighted by Crippen LogP contribution is -2.21. The number of benzene rings is 1. The van der Waals surface area contributed by atoms with Crippen molar-refractivity contribution >= 4 is 5.69 Å². The highest BCUT2D eigenvalue weighted by Crippen LogP contribution is 2.27. The summed E-state index contributed by atoms with van der Waals surface area (Å²) in [6.07, 6.45) is 1.000. The lowest BCUT2D eigenvalue weighted by Gasteiger charge is -2.20. The summed E-state index contributed by atoms with van der Waals surface area (Å²) in [4.78, 5) is 2.20. The summed E-state index contributed by atoms with van der Waals surface area (Å²) in [5, 5.41) is 21.5. The van der Waals surface area contributed by atoms with E-state index < -0.39 is 0 Å². The first-order valence-corrected chi connectivity index (χ1v) is 6.32. The van der Waals surface area contributed by atoms with Gasteiger partial charge in [-0.1, -0.05) is 6.07 Å². The molecule has 0 spiro atoms. The predicted molar refractivity (Wildman–Crippen MR) is 71.3 cm³/mol. The van der Waals surface area contributed by atoms with Crippen LogP contribution in [0.3, 0.4) is 0 Å². The summed E-state index contributed by atoms with van der Waals surface area (Å²) >= 11 is 0. The Hall–Kier alpha value is -1.57. The molecule has 1 aliphatic heterocycles. The number of hydrogen-bond acceptors (Lipinski definition) is 4. The van der Waals surface area contributed by atoms with E-state index in [1.807, 2.05) is 19.2 Å². The minimum atomic E-state index is 0.232. The van der Waals surface area contributed by atoms with E-state index >= 15 is 0 Å². The monoisotopic (exact) mass is 245 g/mol. The van der Waals surface area contributed by atoms with Crippen LogP contribution in [0.4, 0.5) is 5.69 Å². The molecule has 1 unspecified atom stereocenters. The minimum absolute atomic E-state index is 0.232. The Bertz CT molecular complexity index is 453. The van der Waals surface area contributed by atoms with Gasteiger partial charge in [-0.25, -0.2) is 0 Å². The molecule has 2 N–H and O–H groups in total. The van der Waals surface area contributed by atoms with Crippen LogP contribution in [0.25, 0.3) is 0 Å². The summed E-state index contributed by atoms with van der Waals surface area (Å²) in [5.74, 6) is 0.341. The zero-order chi connectivity index (χ0) is 13.0. The highest BCUT2D eigenvalue weighted by atomic mass is 16.3. The fourth-order valence-corrected chi connectivity index (χ4v) is 2.46. The van der Waals surface area contributed by atoms with Crippen molar-refractivity contribution in [3.05, 3.63) is 29.3 Å². The van der Waals surface area contributed by atoms with Gasteiger partial charge in [-0.05, 0) is 31.2 Å². The van der Waals surface area contributed by atoms with Crippen LogP contribution in [0.1, 0.15) is 17.5 Å². The number of nitrogens with zero attached hydrogens (tertiary/aromatic N) is 2. The van der Waals surface area contributed by atoms with Crippen LogP contribution in [-0.4, -0.2) is 31.9 Å². The van der Waals surface area contributed by atoms with Crippen LogP contribution < -0.4 is 10.2 Å². The standard InChI is InChI=1S/C14H19N3O/c1-16-8-11-2-3-14(13(6-11)7-15)17-5-4-12(9-17)10-18/h2-3,6,12,16,18H,4-5,8-10H2,1H3. The quantitative estimate of drug-likeness (QED) is 0.834. The molecule has 4 heteroatoms. The molecule has 2 rings (SSSR count). The molecule has 0 amide bonds. The van der Waals surface area contributed by atoms with Crippen molar-refractivity contribution in [2.45, 2.75) is 13.0 Å². The molecule has 0 saturated carbocycles. The Morgan fingerprint density at radius 3 is 3.00 bits per heavy atom. The molecule has 18 heavy (non-hydrogen) atoms. The summed E-state index contributed by atoms with van der Waals surface area (Å²) in [7, 11) is 1.90. The van der Waals surface area contributed by atoms with Gasteiger partial charge in [-0.15, -0.1) is 0 Å². The topological polar surface area (TPSA) is 59.3 Å². The van der Waals surface area contributed by atoms with E-state index in [0.717, 1.165) is 42.9 Å². The van der Waals surface area contributed by atoms with E-state index in [1.54, 1.807) is 0 Å². The second-order valence-electron chi connectivity index (χ2n) is 4.78. The average Bonchev–Trinajstić information content (AvgIpc) is 2.87. The number of aliphatic hydroxyl groups is 1. The largest absolute Gasteiger partial charge is 0.396 e. The van der Waals surface area contributed by atoms with Crippen molar-refractivity contribution in [1.29, 1.82) is 5.26 Å². The highest BCUT2D eigenvalue weighted by molar-refractivity contribution is 5.61. The van der Waals surface area contributed by atoms with Crippen LogP contribution in [-0.2, 0) is 6.54 Å². The highest BCUT2D eigenvalue weighted by Gasteiger charge is 2.23. The van der Waals surface area contributed by atoms with E-state index in [2.05, 4.69) is 22.4 Å². The smallest absolute Gasteiger partial charge is 0.101 e. The zero-order valence-corrected chi connectivity index (χ0v) is 10.7. The lowest BCUT2D eigenvalue weighted by atomic mass is 10.1. The molecule has 0 bridgehead atoms. The Kier molecular flexibility index (Phi) is 4.19. The van der Waals surface area contributed by atoms with E-state index in [0.29, 0.717) is 5.92 Å². The van der Waals surface area contributed by atoms with Crippen molar-refractivity contribution in [2.24, 2.45) is 5.92 Å². The minimum Gasteiger partial charge on any atom is -0.396 e. The van der Waals surface area contributed by atoms with Crippen LogP contribution in [0.15, 0.2) is 18.2 Å². The number of hydrogen-bond donors (Lipinski definition) is 2. The second kappa shape index (κ2) is 5.85. The summed E-state index contributed by atoms with van der Waals surface area (Å²) in [6, 6.07) is 8.29. The molecule has 96 valence electrons. The Morgan fingerprint density at radius 1 is 1.56 bits per heavy atom. The van der Waals surface area contributed by atoms with Crippen molar-refractivity contribution in [2.75, 3.05) is 31.6 Å². The van der Waals surface area contributed by atoms with Gasteiger partial charge in [0.15, 0.2) is 0 Å². The SMILES string of the molecule is CNCc1ccc(N2CCC(CO)C2)c(C#N)c1. The van der Waals surface area contributed by atoms with Crippen LogP contribution in [0.5, 0.6) is 0 Å². The number of nitrogens with one attached hydrogen (secondary N) is 1. The van der Waals surface area contributed by atoms with Gasteiger partial charge in [-0.3, -0.25) is 0 Å². The van der Waals surface area contributed by atoms with E-state index in [4.69, 9.17) is 0 Å². The van der Waals surface area contributed by atoms with Gasteiger partial charge in [0.25, 0.3) is 0 Å². The molecule has 0 aromatic heterocycles. The molecule has 1 aromatic rings. The summed E-state index contributed by atoms with van der Waals surface area (Å²) in [5.41, 5.74) is 2.84. The summed E-state index contributed by atoms with van der Waals surface area (Å²) < 4.78 is 0. The zero-order valence-electron chi connectivity index (χ0n) is 10.7. The molecule has 1 saturated heterocycles. The van der Waals surface area contributed by atoms with E-state index in [1.165, 1.54) is 0 Å². The number of anilines is 1. The third-order valence-corrected chi connectivity index (χ3v) is 3.45. The van der Waals surface area contributed by atoms with E-state index in [-0.39, 0.29) is 6.61 Å². The molecule has 1 heterocycles. The third-order valence-electron chi connectivity index (χ3n) is 3.45. The maximum Gasteiger partial charge on any atom is 0.101 e. The number of rotatable bonds is 4. The molecule has 1 fully saturated rings. The van der Waals surface area contributed by atoms with Crippen molar-refractivity contribution in [1.82, 2.24) is 5.32 Å². The van der Waals surface area contributed by atoms with Crippen LogP contribution >= 0.6 is 0 Å². The first-order chi connectivity index (χ1) is 8.78. The van der Waals surface area contributed by atoms with Crippen molar-refractivity contribution in [3.63, 3.8) is 0 Å². The molecule has 0 radical (unpaired) electrons. The van der Waals surface area contributed by atoms with Gasteiger partial charge in [0.1, 0.15) is 6.07 Å². The van der Waals surface area contributed by atoms with Crippen molar-refractivity contribution < 1.29 is 5.11 Å². The second-order valence-corrected chi connectivity index (χ2v) is 4.78. The third kappa shape index (κ3) is 2.63. The summed E-state index contributed by atoms with van der Waals surface area (Å²) in [6.45, 7) is 2.77. The normalized spacial score (nSPS) is 18.9. The van der Waals surface area contributed by atoms with Crippen LogP contribution in [0.2, 0.25) is 0 Å². The maximum absolute atomic E-state index is 9.25. The van der Waals surface area contributed by atoms with Gasteiger partial charge in [0, 0.05) is 32.2 Å². The average molecular weight is 245 g/mol. The molecular formula is C14H19N3O. The van der Waals surface area contributed by atoms with Gasteiger partial charge in [0.2, 0.25) is 0 Å².